The summed E-state index contributed by atoms with van der Waals surface area (Å²) in [6.45, 7) is 1.31. The van der Waals surface area contributed by atoms with Gasteiger partial charge in [0.25, 0.3) is 0 Å². The second-order valence-corrected chi connectivity index (χ2v) is 5.86. The fraction of sp³-hybridized carbons (Fsp3) is 0.571. The predicted octanol–water partition coefficient (Wildman–Crippen LogP) is 2.91. The van der Waals surface area contributed by atoms with Crippen LogP contribution in [0, 0.1) is 17.0 Å². The number of pyridine rings is 1. The van der Waals surface area contributed by atoms with Gasteiger partial charge in [-0.25, -0.2) is 13.8 Å². The Balaban J connectivity index is 0.00000208. The van der Waals surface area contributed by atoms with Crippen molar-refractivity contribution >= 4 is 24.1 Å². The topological polar surface area (TPSA) is 45.2 Å². The lowest BCUT2D eigenvalue weighted by Gasteiger charge is -2.32. The standard InChI is InChI=1S/C14H14F5N3O.ClH/c15-8-7-9(16)11(21-10(8)14(17,18)19)22-6-3-13(12(22)23)1-4-20-5-2-13;/h7,20H,1-6H2;1H. The van der Waals surface area contributed by atoms with Crippen molar-refractivity contribution in [2.75, 3.05) is 24.5 Å². The van der Waals surface area contributed by atoms with Crippen LogP contribution in [0.5, 0.6) is 0 Å². The summed E-state index contributed by atoms with van der Waals surface area (Å²) in [4.78, 5) is 16.6. The van der Waals surface area contributed by atoms with Crippen LogP contribution in [0.1, 0.15) is 25.0 Å². The Morgan fingerprint density at radius 2 is 1.75 bits per heavy atom. The van der Waals surface area contributed by atoms with E-state index in [2.05, 4.69) is 10.3 Å². The number of nitrogens with one attached hydrogen (secondary N) is 1. The number of rotatable bonds is 1. The smallest absolute Gasteiger partial charge is 0.317 e. The van der Waals surface area contributed by atoms with E-state index in [1.807, 2.05) is 0 Å². The first-order valence-electron chi connectivity index (χ1n) is 7.20. The third-order valence-electron chi connectivity index (χ3n) is 4.51. The summed E-state index contributed by atoms with van der Waals surface area (Å²) in [5, 5.41) is 3.10. The van der Waals surface area contributed by atoms with E-state index in [1.165, 1.54) is 0 Å². The Bertz CT molecular complexity index is 646. The molecule has 1 aromatic rings. The van der Waals surface area contributed by atoms with Crippen molar-refractivity contribution < 1.29 is 26.7 Å². The molecule has 0 unspecified atom stereocenters. The van der Waals surface area contributed by atoms with Crippen LogP contribution in [-0.4, -0.2) is 30.5 Å². The van der Waals surface area contributed by atoms with Gasteiger partial charge in [-0.05, 0) is 32.4 Å². The van der Waals surface area contributed by atoms with Crippen molar-refractivity contribution in [3.63, 3.8) is 0 Å². The predicted molar refractivity (Wildman–Crippen MR) is 77.9 cm³/mol. The highest BCUT2D eigenvalue weighted by Gasteiger charge is 2.49. The number of halogens is 6. The van der Waals surface area contributed by atoms with Crippen LogP contribution in [0.4, 0.5) is 27.8 Å². The lowest BCUT2D eigenvalue weighted by atomic mass is 9.78. The highest BCUT2D eigenvalue weighted by Crippen LogP contribution is 2.42. The molecule has 3 rings (SSSR count). The van der Waals surface area contributed by atoms with Gasteiger partial charge in [0.15, 0.2) is 23.1 Å². The molecule has 1 N–H and O–H groups in total. The Labute approximate surface area is 140 Å². The zero-order valence-corrected chi connectivity index (χ0v) is 13.2. The number of carbonyl (C=O) groups is 1. The minimum absolute atomic E-state index is 0. The van der Waals surface area contributed by atoms with Crippen LogP contribution in [0.15, 0.2) is 6.07 Å². The molecule has 24 heavy (non-hydrogen) atoms. The monoisotopic (exact) mass is 371 g/mol. The van der Waals surface area contributed by atoms with Crippen molar-refractivity contribution in [3.05, 3.63) is 23.4 Å². The van der Waals surface area contributed by atoms with Gasteiger partial charge in [0.05, 0.1) is 5.41 Å². The summed E-state index contributed by atoms with van der Waals surface area (Å²) >= 11 is 0. The maximum atomic E-state index is 13.9. The molecule has 0 saturated carbocycles. The van der Waals surface area contributed by atoms with Crippen LogP contribution in [-0.2, 0) is 11.0 Å². The van der Waals surface area contributed by atoms with Gasteiger partial charge in [-0.15, -0.1) is 12.4 Å². The quantitative estimate of drug-likeness (QED) is 0.772. The second kappa shape index (κ2) is 6.44. The number of hydrogen-bond acceptors (Lipinski definition) is 3. The molecule has 2 fully saturated rings. The van der Waals surface area contributed by atoms with Crippen molar-refractivity contribution in [2.45, 2.75) is 25.4 Å². The van der Waals surface area contributed by atoms with Crippen LogP contribution in [0.25, 0.3) is 0 Å². The molecule has 1 amide bonds. The number of anilines is 1. The van der Waals surface area contributed by atoms with Crippen LogP contribution in [0.2, 0.25) is 0 Å². The molecule has 134 valence electrons. The molecular formula is C14H15ClF5N3O. The molecule has 0 radical (unpaired) electrons. The van der Waals surface area contributed by atoms with Crippen molar-refractivity contribution in [2.24, 2.45) is 5.41 Å². The summed E-state index contributed by atoms with van der Waals surface area (Å²) in [6, 6.07) is 0.131. The fourth-order valence-corrected chi connectivity index (χ4v) is 3.24. The van der Waals surface area contributed by atoms with E-state index in [1.54, 1.807) is 0 Å². The first-order chi connectivity index (χ1) is 10.7. The lowest BCUT2D eigenvalue weighted by Crippen LogP contribution is -2.43. The second-order valence-electron chi connectivity index (χ2n) is 5.86. The van der Waals surface area contributed by atoms with Gasteiger partial charge in [0.1, 0.15) is 0 Å². The highest BCUT2D eigenvalue weighted by atomic mass is 35.5. The molecule has 0 aliphatic carbocycles. The van der Waals surface area contributed by atoms with Gasteiger partial charge < -0.3 is 5.32 Å². The van der Waals surface area contributed by atoms with E-state index >= 15 is 0 Å². The lowest BCUT2D eigenvalue weighted by molar-refractivity contribution is -0.143. The normalized spacial score (nSPS) is 20.4. The molecule has 2 aliphatic heterocycles. The van der Waals surface area contributed by atoms with E-state index in [0.717, 1.165) is 4.90 Å². The molecule has 0 aromatic carbocycles. The van der Waals surface area contributed by atoms with E-state index in [-0.39, 0.29) is 25.0 Å². The van der Waals surface area contributed by atoms with E-state index < -0.39 is 40.6 Å². The largest absolute Gasteiger partial charge is 0.436 e. The Morgan fingerprint density at radius 1 is 1.12 bits per heavy atom. The average Bonchev–Trinajstić information content (AvgIpc) is 2.76. The number of carbonyl (C=O) groups excluding carboxylic acids is 1. The van der Waals surface area contributed by atoms with Crippen LogP contribution < -0.4 is 10.2 Å². The minimum atomic E-state index is -5.05. The van der Waals surface area contributed by atoms with Crippen LogP contribution >= 0.6 is 12.4 Å². The van der Waals surface area contributed by atoms with Gasteiger partial charge in [0.2, 0.25) is 5.91 Å². The van der Waals surface area contributed by atoms with Gasteiger partial charge >= 0.3 is 6.18 Å². The van der Waals surface area contributed by atoms with Gasteiger partial charge in [-0.1, -0.05) is 0 Å². The highest BCUT2D eigenvalue weighted by molar-refractivity contribution is 5.99. The Hall–Kier alpha value is -1.48. The summed E-state index contributed by atoms with van der Waals surface area (Å²) in [6.07, 6.45) is -3.55. The molecule has 4 nitrogen and oxygen atoms in total. The number of piperidine rings is 1. The SMILES string of the molecule is Cl.O=C1N(c2nc(C(F)(F)F)c(F)cc2F)CCC12CCNCC2. The van der Waals surface area contributed by atoms with E-state index in [4.69, 9.17) is 0 Å². The first kappa shape index (κ1) is 18.9. The van der Waals surface area contributed by atoms with Crippen molar-refractivity contribution in [3.8, 4) is 0 Å². The third-order valence-corrected chi connectivity index (χ3v) is 4.51. The third kappa shape index (κ3) is 3.06. The zero-order chi connectivity index (χ0) is 16.8. The molecule has 3 heterocycles. The van der Waals surface area contributed by atoms with Crippen molar-refractivity contribution in [1.29, 1.82) is 0 Å². The molecule has 10 heteroatoms. The van der Waals surface area contributed by atoms with Gasteiger partial charge in [-0.2, -0.15) is 13.2 Å². The number of alkyl halides is 3. The summed E-state index contributed by atoms with van der Waals surface area (Å²) < 4.78 is 65.5. The first-order valence-corrected chi connectivity index (χ1v) is 7.20. The summed E-state index contributed by atoms with van der Waals surface area (Å²) in [5.41, 5.74) is -2.50. The molecule has 1 aromatic heterocycles. The molecule has 0 bridgehead atoms. The molecule has 0 atom stereocenters. The number of amides is 1. The number of hydrogen-bond donors (Lipinski definition) is 1. The maximum Gasteiger partial charge on any atom is 0.436 e. The van der Waals surface area contributed by atoms with E-state index in [9.17, 15) is 26.7 Å². The summed E-state index contributed by atoms with van der Waals surface area (Å²) in [7, 11) is 0. The maximum absolute atomic E-state index is 13.9. The number of nitrogens with zero attached hydrogens (tertiary/aromatic N) is 2. The fourth-order valence-electron chi connectivity index (χ4n) is 3.24. The summed E-state index contributed by atoms with van der Waals surface area (Å²) in [5.74, 6) is -4.25. The molecule has 2 aliphatic rings. The van der Waals surface area contributed by atoms with Gasteiger partial charge in [-0.3, -0.25) is 9.69 Å². The minimum Gasteiger partial charge on any atom is -0.317 e. The Morgan fingerprint density at radius 3 is 2.33 bits per heavy atom. The van der Waals surface area contributed by atoms with Crippen LogP contribution in [0.3, 0.4) is 0 Å². The molecular weight excluding hydrogens is 357 g/mol. The Kier molecular flexibility index (Phi) is 5.06. The average molecular weight is 372 g/mol. The van der Waals surface area contributed by atoms with Crippen molar-refractivity contribution in [1.82, 2.24) is 10.3 Å². The molecule has 2 saturated heterocycles. The molecule has 1 spiro atoms. The zero-order valence-electron chi connectivity index (χ0n) is 12.4. The number of aromatic nitrogens is 1. The van der Waals surface area contributed by atoms with Gasteiger partial charge in [0, 0.05) is 12.6 Å². The van der Waals surface area contributed by atoms with E-state index in [0.29, 0.717) is 32.4 Å².